The summed E-state index contributed by atoms with van der Waals surface area (Å²) in [6.45, 7) is 0.661. The van der Waals surface area contributed by atoms with Crippen LogP contribution in [-0.4, -0.2) is 6.61 Å². The Morgan fingerprint density at radius 1 is 1.10 bits per heavy atom. The van der Waals surface area contributed by atoms with E-state index in [0.29, 0.717) is 12.2 Å². The molecule has 0 fully saturated rings. The molecule has 1 unspecified atom stereocenters. The van der Waals surface area contributed by atoms with Gasteiger partial charge in [-0.1, -0.05) is 24.3 Å². The normalized spacial score (nSPS) is 15.3. The van der Waals surface area contributed by atoms with Gasteiger partial charge in [0, 0.05) is 5.56 Å². The van der Waals surface area contributed by atoms with E-state index in [1.54, 1.807) is 0 Å². The van der Waals surface area contributed by atoms with Gasteiger partial charge in [-0.05, 0) is 36.1 Å². The van der Waals surface area contributed by atoms with Crippen LogP contribution in [0.1, 0.15) is 29.2 Å². The number of ether oxygens (including phenoxy) is 1. The standard InChI is InChI=1S/C16H15F2NO/c17-13-7-6-11(9-14(13)18)15(19)12-5-1-3-10-4-2-8-20-16(10)12/h1,3,5-7,9,15H,2,4,8,19H2. The predicted molar refractivity (Wildman–Crippen MR) is 72.6 cm³/mol. The Bertz CT molecular complexity index is 642. The van der Waals surface area contributed by atoms with Crippen molar-refractivity contribution in [3.8, 4) is 5.75 Å². The molecule has 2 aromatic carbocycles. The van der Waals surface area contributed by atoms with Gasteiger partial charge in [-0.3, -0.25) is 0 Å². The summed E-state index contributed by atoms with van der Waals surface area (Å²) in [5, 5.41) is 0. The zero-order valence-electron chi connectivity index (χ0n) is 10.9. The Morgan fingerprint density at radius 3 is 2.75 bits per heavy atom. The first-order chi connectivity index (χ1) is 9.66. The average Bonchev–Trinajstić information content (AvgIpc) is 2.49. The zero-order chi connectivity index (χ0) is 14.1. The van der Waals surface area contributed by atoms with E-state index in [4.69, 9.17) is 10.5 Å². The molecule has 0 saturated heterocycles. The minimum Gasteiger partial charge on any atom is -0.493 e. The molecule has 2 N–H and O–H groups in total. The maximum Gasteiger partial charge on any atom is 0.159 e. The molecule has 0 radical (unpaired) electrons. The monoisotopic (exact) mass is 275 g/mol. The molecule has 0 aromatic heterocycles. The number of nitrogens with two attached hydrogens (primary N) is 1. The zero-order valence-corrected chi connectivity index (χ0v) is 10.9. The Hall–Kier alpha value is -1.94. The van der Waals surface area contributed by atoms with Crippen LogP contribution in [0, 0.1) is 11.6 Å². The minimum atomic E-state index is -0.885. The molecule has 0 amide bonds. The van der Waals surface area contributed by atoms with Crippen LogP contribution in [0.4, 0.5) is 8.78 Å². The number of rotatable bonds is 2. The fraction of sp³-hybridized carbons (Fsp3) is 0.250. The number of para-hydroxylation sites is 1. The summed E-state index contributed by atoms with van der Waals surface area (Å²) < 4.78 is 32.0. The highest BCUT2D eigenvalue weighted by Crippen LogP contribution is 2.34. The largest absolute Gasteiger partial charge is 0.493 e. The average molecular weight is 275 g/mol. The highest BCUT2D eigenvalue weighted by Gasteiger charge is 2.20. The number of halogens is 2. The second-order valence-corrected chi connectivity index (χ2v) is 4.94. The lowest BCUT2D eigenvalue weighted by molar-refractivity contribution is 0.284. The molecule has 0 saturated carbocycles. The molecular weight excluding hydrogens is 260 g/mol. The molecule has 0 bridgehead atoms. The van der Waals surface area contributed by atoms with Gasteiger partial charge in [-0.2, -0.15) is 0 Å². The molecule has 3 rings (SSSR count). The van der Waals surface area contributed by atoms with Crippen molar-refractivity contribution in [1.29, 1.82) is 0 Å². The number of aryl methyl sites for hydroxylation is 1. The molecule has 104 valence electrons. The van der Waals surface area contributed by atoms with E-state index < -0.39 is 17.7 Å². The fourth-order valence-corrected chi connectivity index (χ4v) is 2.54. The van der Waals surface area contributed by atoms with E-state index in [0.717, 1.165) is 41.9 Å². The molecule has 4 heteroatoms. The van der Waals surface area contributed by atoms with Gasteiger partial charge in [-0.25, -0.2) is 8.78 Å². The molecule has 0 aliphatic carbocycles. The van der Waals surface area contributed by atoms with E-state index in [9.17, 15) is 8.78 Å². The topological polar surface area (TPSA) is 35.2 Å². The highest BCUT2D eigenvalue weighted by molar-refractivity contribution is 5.47. The molecule has 0 spiro atoms. The molecule has 2 aromatic rings. The first-order valence-electron chi connectivity index (χ1n) is 6.62. The summed E-state index contributed by atoms with van der Waals surface area (Å²) in [6, 6.07) is 9.02. The van der Waals surface area contributed by atoms with Crippen LogP contribution in [0.15, 0.2) is 36.4 Å². The lowest BCUT2D eigenvalue weighted by atomic mass is 9.94. The van der Waals surface area contributed by atoms with E-state index in [2.05, 4.69) is 0 Å². The Labute approximate surface area is 116 Å². The number of fused-ring (bicyclic) bond motifs is 1. The van der Waals surface area contributed by atoms with Crippen LogP contribution in [-0.2, 0) is 6.42 Å². The summed E-state index contributed by atoms with van der Waals surface area (Å²) in [6.07, 6.45) is 1.94. The second-order valence-electron chi connectivity index (χ2n) is 4.94. The lowest BCUT2D eigenvalue weighted by Crippen LogP contribution is -2.17. The quantitative estimate of drug-likeness (QED) is 0.912. The molecule has 1 heterocycles. The van der Waals surface area contributed by atoms with E-state index in [-0.39, 0.29) is 0 Å². The number of hydrogen-bond acceptors (Lipinski definition) is 2. The molecule has 1 atom stereocenters. The van der Waals surface area contributed by atoms with Crippen LogP contribution in [0.3, 0.4) is 0 Å². The van der Waals surface area contributed by atoms with Crippen molar-refractivity contribution in [2.75, 3.05) is 6.61 Å². The minimum absolute atomic E-state index is 0.529. The Kier molecular flexibility index (Phi) is 3.40. The molecule has 2 nitrogen and oxygen atoms in total. The van der Waals surface area contributed by atoms with E-state index in [1.165, 1.54) is 6.07 Å². The van der Waals surface area contributed by atoms with Crippen molar-refractivity contribution in [3.63, 3.8) is 0 Å². The summed E-state index contributed by atoms with van der Waals surface area (Å²) in [7, 11) is 0. The smallest absolute Gasteiger partial charge is 0.159 e. The Balaban J connectivity index is 2.02. The fourth-order valence-electron chi connectivity index (χ4n) is 2.54. The molecule has 20 heavy (non-hydrogen) atoms. The van der Waals surface area contributed by atoms with Gasteiger partial charge < -0.3 is 10.5 Å². The van der Waals surface area contributed by atoms with Crippen LogP contribution in [0.2, 0.25) is 0 Å². The van der Waals surface area contributed by atoms with Gasteiger partial charge in [0.15, 0.2) is 11.6 Å². The van der Waals surface area contributed by atoms with Crippen LogP contribution >= 0.6 is 0 Å². The maximum atomic E-state index is 13.3. The second kappa shape index (κ2) is 5.21. The maximum absolute atomic E-state index is 13.3. The molecule has 1 aliphatic rings. The van der Waals surface area contributed by atoms with Crippen molar-refractivity contribution in [2.24, 2.45) is 5.73 Å². The Morgan fingerprint density at radius 2 is 1.95 bits per heavy atom. The number of benzene rings is 2. The highest BCUT2D eigenvalue weighted by atomic mass is 19.2. The summed E-state index contributed by atoms with van der Waals surface area (Å²) in [5.41, 5.74) is 8.65. The third kappa shape index (κ3) is 2.27. The van der Waals surface area contributed by atoms with Crippen molar-refractivity contribution in [2.45, 2.75) is 18.9 Å². The summed E-state index contributed by atoms with van der Waals surface area (Å²) in [5.74, 6) is -0.966. The van der Waals surface area contributed by atoms with Crippen LogP contribution < -0.4 is 10.5 Å². The third-order valence-electron chi connectivity index (χ3n) is 3.60. The van der Waals surface area contributed by atoms with E-state index in [1.807, 2.05) is 18.2 Å². The first kappa shape index (κ1) is 13.1. The van der Waals surface area contributed by atoms with Gasteiger partial charge in [-0.15, -0.1) is 0 Å². The van der Waals surface area contributed by atoms with Gasteiger partial charge >= 0.3 is 0 Å². The predicted octanol–water partition coefficient (Wildman–Crippen LogP) is 3.34. The van der Waals surface area contributed by atoms with Gasteiger partial charge in [0.1, 0.15) is 5.75 Å². The van der Waals surface area contributed by atoms with Gasteiger partial charge in [0.2, 0.25) is 0 Å². The first-order valence-corrected chi connectivity index (χ1v) is 6.62. The van der Waals surface area contributed by atoms with Crippen molar-refractivity contribution in [3.05, 3.63) is 64.7 Å². The SMILES string of the molecule is NC(c1ccc(F)c(F)c1)c1cccc2c1OCCC2. The van der Waals surface area contributed by atoms with Crippen LogP contribution in [0.25, 0.3) is 0 Å². The van der Waals surface area contributed by atoms with Gasteiger partial charge in [0.05, 0.1) is 12.6 Å². The van der Waals surface area contributed by atoms with E-state index >= 15 is 0 Å². The van der Waals surface area contributed by atoms with Gasteiger partial charge in [0.25, 0.3) is 0 Å². The molecule has 1 aliphatic heterocycles. The van der Waals surface area contributed by atoms with Crippen molar-refractivity contribution < 1.29 is 13.5 Å². The van der Waals surface area contributed by atoms with Crippen LogP contribution in [0.5, 0.6) is 5.75 Å². The van der Waals surface area contributed by atoms with Crippen molar-refractivity contribution >= 4 is 0 Å². The van der Waals surface area contributed by atoms with Crippen molar-refractivity contribution in [1.82, 2.24) is 0 Å². The lowest BCUT2D eigenvalue weighted by Gasteiger charge is -2.23. The third-order valence-corrected chi connectivity index (χ3v) is 3.60. The summed E-state index contributed by atoms with van der Waals surface area (Å²) >= 11 is 0. The summed E-state index contributed by atoms with van der Waals surface area (Å²) in [4.78, 5) is 0. The number of hydrogen-bond donors (Lipinski definition) is 1. The molecular formula is C16H15F2NO.